The third kappa shape index (κ3) is 4.13. The minimum absolute atomic E-state index is 0.483. The minimum atomic E-state index is -0.532. The molecule has 1 aliphatic heterocycles. The summed E-state index contributed by atoms with van der Waals surface area (Å²) >= 11 is 0. The molecule has 1 fully saturated rings. The van der Waals surface area contributed by atoms with E-state index in [1.165, 1.54) is 35.4 Å². The number of nitrogens with one attached hydrogen (secondary N) is 1. The van der Waals surface area contributed by atoms with Crippen molar-refractivity contribution in [1.82, 2.24) is 20.2 Å². The quantitative estimate of drug-likeness (QED) is 0.394. The van der Waals surface area contributed by atoms with Gasteiger partial charge in [-0.15, -0.1) is 0 Å². The molecule has 0 spiro atoms. The zero-order chi connectivity index (χ0) is 19.3. The highest BCUT2D eigenvalue weighted by molar-refractivity contribution is 5.90. The molecule has 144 valence electrons. The number of amides is 1. The van der Waals surface area contributed by atoms with Gasteiger partial charge in [-0.2, -0.15) is 5.10 Å². The van der Waals surface area contributed by atoms with Crippen LogP contribution in [0.2, 0.25) is 0 Å². The van der Waals surface area contributed by atoms with Gasteiger partial charge in [0.25, 0.3) is 5.91 Å². The number of carbonyl (C=O) groups is 1. The molecule has 6 heteroatoms. The average Bonchev–Trinajstić information content (AvgIpc) is 3.35. The van der Waals surface area contributed by atoms with Gasteiger partial charge in [0.2, 0.25) is 0 Å². The van der Waals surface area contributed by atoms with Crippen LogP contribution in [0.4, 0.5) is 0 Å². The van der Waals surface area contributed by atoms with E-state index in [0.29, 0.717) is 6.04 Å². The van der Waals surface area contributed by atoms with Crippen LogP contribution in [-0.4, -0.2) is 38.4 Å². The highest BCUT2D eigenvalue weighted by Gasteiger charge is 2.25. The van der Waals surface area contributed by atoms with Gasteiger partial charge in [0.1, 0.15) is 0 Å². The second-order valence-electron chi connectivity index (χ2n) is 7.20. The first-order valence-corrected chi connectivity index (χ1v) is 9.58. The molecule has 4 rings (SSSR count). The smallest absolute Gasteiger partial charge is 0.267 e. The Morgan fingerprint density at radius 2 is 2.04 bits per heavy atom. The summed E-state index contributed by atoms with van der Waals surface area (Å²) in [7, 11) is 0. The standard InChI is InChI=1S/C22H24N4O2/c27-22(24-28)12-11-17-7-9-18(10-8-17)15-25-13-3-5-20(25)16-26-21-6-2-1-4-19(21)14-23-26/h1-2,4,6-12,14,20,28H,3,5,13,15-16H2,(H,24,27). The zero-order valence-corrected chi connectivity index (χ0v) is 15.7. The number of aromatic nitrogens is 2. The molecule has 1 aliphatic rings. The number of benzene rings is 2. The monoisotopic (exact) mass is 376 g/mol. The van der Waals surface area contributed by atoms with Crippen molar-refractivity contribution in [2.75, 3.05) is 6.54 Å². The van der Waals surface area contributed by atoms with E-state index in [9.17, 15) is 4.79 Å². The van der Waals surface area contributed by atoms with Crippen LogP contribution in [0.5, 0.6) is 0 Å². The largest absolute Gasteiger partial charge is 0.294 e. The van der Waals surface area contributed by atoms with E-state index in [2.05, 4.69) is 45.0 Å². The lowest BCUT2D eigenvalue weighted by molar-refractivity contribution is -0.124. The molecule has 0 aliphatic carbocycles. The summed E-state index contributed by atoms with van der Waals surface area (Å²) in [4.78, 5) is 13.6. The predicted octanol–water partition coefficient (Wildman–Crippen LogP) is 3.22. The maximum Gasteiger partial charge on any atom is 0.267 e. The molecule has 3 aromatic rings. The first-order valence-electron chi connectivity index (χ1n) is 9.58. The van der Waals surface area contributed by atoms with Gasteiger partial charge in [-0.3, -0.25) is 19.6 Å². The van der Waals surface area contributed by atoms with Crippen molar-refractivity contribution in [3.05, 3.63) is 71.9 Å². The summed E-state index contributed by atoms with van der Waals surface area (Å²) in [6.07, 6.45) is 7.32. The molecule has 0 bridgehead atoms. The Morgan fingerprint density at radius 1 is 1.21 bits per heavy atom. The fourth-order valence-electron chi connectivity index (χ4n) is 3.86. The molecule has 6 nitrogen and oxygen atoms in total. The summed E-state index contributed by atoms with van der Waals surface area (Å²) in [5, 5.41) is 14.3. The predicted molar refractivity (Wildman–Crippen MR) is 109 cm³/mol. The third-order valence-electron chi connectivity index (χ3n) is 5.34. The molecular formula is C22H24N4O2. The molecule has 1 unspecified atom stereocenters. The summed E-state index contributed by atoms with van der Waals surface area (Å²) in [6.45, 7) is 2.91. The molecule has 2 heterocycles. The van der Waals surface area contributed by atoms with Crippen LogP contribution in [0.1, 0.15) is 24.0 Å². The summed E-state index contributed by atoms with van der Waals surface area (Å²) < 4.78 is 2.12. The first kappa shape index (κ1) is 18.4. The molecule has 2 N–H and O–H groups in total. The SMILES string of the molecule is O=C(C=Cc1ccc(CN2CCCC2Cn2ncc3ccccc32)cc1)NO. The van der Waals surface area contributed by atoms with Gasteiger partial charge < -0.3 is 0 Å². The van der Waals surface area contributed by atoms with Gasteiger partial charge in [-0.1, -0.05) is 42.5 Å². The summed E-state index contributed by atoms with van der Waals surface area (Å²) in [5.74, 6) is -0.532. The highest BCUT2D eigenvalue weighted by Crippen LogP contribution is 2.23. The van der Waals surface area contributed by atoms with Crippen molar-refractivity contribution in [3.8, 4) is 0 Å². The second-order valence-corrected chi connectivity index (χ2v) is 7.20. The second kappa shape index (κ2) is 8.37. The molecule has 1 atom stereocenters. The van der Waals surface area contributed by atoms with Gasteiger partial charge in [0.05, 0.1) is 18.3 Å². The van der Waals surface area contributed by atoms with Gasteiger partial charge in [0, 0.05) is 24.0 Å². The number of carbonyl (C=O) groups excluding carboxylic acids is 1. The van der Waals surface area contributed by atoms with E-state index in [-0.39, 0.29) is 0 Å². The number of rotatable bonds is 6. The maximum atomic E-state index is 11.1. The molecule has 28 heavy (non-hydrogen) atoms. The third-order valence-corrected chi connectivity index (χ3v) is 5.34. The lowest BCUT2D eigenvalue weighted by Gasteiger charge is -2.25. The van der Waals surface area contributed by atoms with E-state index in [4.69, 9.17) is 5.21 Å². The van der Waals surface area contributed by atoms with Gasteiger partial charge in [-0.05, 0) is 42.7 Å². The van der Waals surface area contributed by atoms with Crippen LogP contribution in [0.3, 0.4) is 0 Å². The van der Waals surface area contributed by atoms with Crippen LogP contribution in [0.25, 0.3) is 17.0 Å². The van der Waals surface area contributed by atoms with E-state index in [1.807, 2.05) is 24.4 Å². The number of hydrogen-bond acceptors (Lipinski definition) is 4. The molecule has 0 radical (unpaired) electrons. The van der Waals surface area contributed by atoms with Crippen molar-refractivity contribution >= 4 is 22.9 Å². The average molecular weight is 376 g/mol. The maximum absolute atomic E-state index is 11.1. The van der Waals surface area contributed by atoms with E-state index < -0.39 is 5.91 Å². The lowest BCUT2D eigenvalue weighted by atomic mass is 10.1. The van der Waals surface area contributed by atoms with Gasteiger partial charge in [-0.25, -0.2) is 5.48 Å². The normalized spacial score (nSPS) is 17.5. The van der Waals surface area contributed by atoms with Crippen LogP contribution < -0.4 is 5.48 Å². The zero-order valence-electron chi connectivity index (χ0n) is 15.7. The number of fused-ring (bicyclic) bond motifs is 1. The first-order chi connectivity index (χ1) is 13.7. The molecule has 0 saturated carbocycles. The molecule has 1 aromatic heterocycles. The topological polar surface area (TPSA) is 70.4 Å². The van der Waals surface area contributed by atoms with E-state index in [0.717, 1.165) is 25.2 Å². The van der Waals surface area contributed by atoms with Crippen LogP contribution in [0, 0.1) is 0 Å². The van der Waals surface area contributed by atoms with Gasteiger partial charge >= 0.3 is 0 Å². The molecular weight excluding hydrogens is 352 g/mol. The Bertz CT molecular complexity index is 978. The van der Waals surface area contributed by atoms with E-state index in [1.54, 1.807) is 11.6 Å². The number of hydroxylamine groups is 1. The Balaban J connectivity index is 1.41. The Morgan fingerprint density at radius 3 is 2.86 bits per heavy atom. The fourth-order valence-corrected chi connectivity index (χ4v) is 3.86. The number of hydrogen-bond donors (Lipinski definition) is 2. The van der Waals surface area contributed by atoms with Crippen molar-refractivity contribution in [3.63, 3.8) is 0 Å². The van der Waals surface area contributed by atoms with Crippen molar-refractivity contribution < 1.29 is 10.0 Å². The van der Waals surface area contributed by atoms with Crippen molar-refractivity contribution in [2.24, 2.45) is 0 Å². The molecule has 1 saturated heterocycles. The van der Waals surface area contributed by atoms with Crippen LogP contribution >= 0.6 is 0 Å². The summed E-state index contributed by atoms with van der Waals surface area (Å²) in [5.41, 5.74) is 4.96. The van der Waals surface area contributed by atoms with Crippen molar-refractivity contribution in [1.29, 1.82) is 0 Å². The Hall–Kier alpha value is -2.96. The molecule has 2 aromatic carbocycles. The minimum Gasteiger partial charge on any atom is -0.294 e. The van der Waals surface area contributed by atoms with Crippen LogP contribution in [-0.2, 0) is 17.9 Å². The Labute approximate surface area is 164 Å². The van der Waals surface area contributed by atoms with Crippen molar-refractivity contribution in [2.45, 2.75) is 32.0 Å². The Kier molecular flexibility index (Phi) is 5.50. The summed E-state index contributed by atoms with van der Waals surface area (Å²) in [6, 6.07) is 17.0. The fraction of sp³-hybridized carbons (Fsp3) is 0.273. The number of para-hydroxylation sites is 1. The number of nitrogens with zero attached hydrogens (tertiary/aromatic N) is 3. The lowest BCUT2D eigenvalue weighted by Crippen LogP contribution is -2.32. The van der Waals surface area contributed by atoms with Crippen LogP contribution in [0.15, 0.2) is 60.8 Å². The highest BCUT2D eigenvalue weighted by atomic mass is 16.5. The van der Waals surface area contributed by atoms with Gasteiger partial charge in [0.15, 0.2) is 0 Å². The number of likely N-dealkylation sites (tertiary alicyclic amines) is 1. The molecule has 1 amide bonds. The van der Waals surface area contributed by atoms with E-state index >= 15 is 0 Å².